The average Bonchev–Trinajstić information content (AvgIpc) is 2.99. The van der Waals surface area contributed by atoms with E-state index >= 15 is 0 Å². The lowest BCUT2D eigenvalue weighted by Gasteiger charge is -2.06. The molecule has 3 atom stereocenters. The molecule has 6 heteroatoms. The number of hydrogen-bond donors (Lipinski definition) is 0. The first-order valence-corrected chi connectivity index (χ1v) is 7.67. The molecule has 1 aliphatic rings. The molecular weight excluding hydrogens is 269 g/mol. The SMILES string of the molecule is COC[C@@]1(C#N)[C@H](c2cccc(F)c2)[C@@H]1S(C)(=O)=O. The van der Waals surface area contributed by atoms with Crippen LogP contribution in [0.4, 0.5) is 4.39 Å². The summed E-state index contributed by atoms with van der Waals surface area (Å²) in [6.07, 6.45) is 1.10. The fourth-order valence-electron chi connectivity index (χ4n) is 2.78. The number of hydrogen-bond acceptors (Lipinski definition) is 4. The van der Waals surface area contributed by atoms with Gasteiger partial charge in [-0.05, 0) is 17.7 Å². The molecule has 1 aromatic carbocycles. The Balaban J connectivity index is 2.48. The second-order valence-corrected chi connectivity index (χ2v) is 7.03. The number of benzene rings is 1. The van der Waals surface area contributed by atoms with Crippen LogP contribution in [0.5, 0.6) is 0 Å². The van der Waals surface area contributed by atoms with Gasteiger partial charge in [-0.25, -0.2) is 12.8 Å². The molecule has 2 rings (SSSR count). The molecule has 0 heterocycles. The van der Waals surface area contributed by atoms with Crippen LogP contribution in [0.1, 0.15) is 11.5 Å². The molecule has 0 saturated heterocycles. The van der Waals surface area contributed by atoms with Crippen LogP contribution in [-0.4, -0.2) is 33.6 Å². The van der Waals surface area contributed by atoms with Crippen molar-refractivity contribution in [1.29, 1.82) is 5.26 Å². The lowest BCUT2D eigenvalue weighted by atomic mass is 10.0. The molecule has 0 unspecified atom stereocenters. The molecule has 0 amide bonds. The summed E-state index contributed by atoms with van der Waals surface area (Å²) < 4.78 is 41.9. The van der Waals surface area contributed by atoms with Crippen molar-refractivity contribution in [2.45, 2.75) is 11.2 Å². The second-order valence-electron chi connectivity index (χ2n) is 4.87. The predicted molar refractivity (Wildman–Crippen MR) is 67.7 cm³/mol. The molecule has 19 heavy (non-hydrogen) atoms. The van der Waals surface area contributed by atoms with Crippen molar-refractivity contribution < 1.29 is 17.5 Å². The lowest BCUT2D eigenvalue weighted by Crippen LogP contribution is -2.17. The molecule has 1 aliphatic carbocycles. The molecule has 0 N–H and O–H groups in total. The van der Waals surface area contributed by atoms with Gasteiger partial charge < -0.3 is 4.74 Å². The van der Waals surface area contributed by atoms with E-state index < -0.39 is 32.2 Å². The van der Waals surface area contributed by atoms with E-state index in [1.165, 1.54) is 25.3 Å². The highest BCUT2D eigenvalue weighted by Gasteiger charge is 2.71. The third kappa shape index (κ3) is 2.24. The number of halogens is 1. The quantitative estimate of drug-likeness (QED) is 0.839. The van der Waals surface area contributed by atoms with Gasteiger partial charge in [-0.15, -0.1) is 0 Å². The van der Waals surface area contributed by atoms with Crippen molar-refractivity contribution in [3.8, 4) is 6.07 Å². The average molecular weight is 283 g/mol. The first kappa shape index (κ1) is 14.0. The lowest BCUT2D eigenvalue weighted by molar-refractivity contribution is 0.162. The van der Waals surface area contributed by atoms with E-state index in [0.717, 1.165) is 6.26 Å². The number of rotatable bonds is 4. The van der Waals surface area contributed by atoms with E-state index in [-0.39, 0.29) is 6.61 Å². The Morgan fingerprint density at radius 2 is 2.21 bits per heavy atom. The van der Waals surface area contributed by atoms with Gasteiger partial charge in [0.25, 0.3) is 0 Å². The zero-order valence-electron chi connectivity index (χ0n) is 10.6. The minimum atomic E-state index is -3.41. The summed E-state index contributed by atoms with van der Waals surface area (Å²) in [5.41, 5.74) is -0.593. The number of methoxy groups -OCH3 is 1. The first-order valence-electron chi connectivity index (χ1n) is 5.71. The summed E-state index contributed by atoms with van der Waals surface area (Å²) in [7, 11) is -1.99. The van der Waals surface area contributed by atoms with Gasteiger partial charge in [0.2, 0.25) is 0 Å². The molecule has 0 aromatic heterocycles. The fourth-order valence-corrected chi connectivity index (χ4v) is 4.63. The van der Waals surface area contributed by atoms with E-state index in [1.54, 1.807) is 6.07 Å². The Labute approximate surface area is 111 Å². The van der Waals surface area contributed by atoms with Crippen LogP contribution in [0, 0.1) is 22.6 Å². The highest BCUT2D eigenvalue weighted by Crippen LogP contribution is 2.62. The van der Waals surface area contributed by atoms with Crippen LogP contribution < -0.4 is 0 Å². The van der Waals surface area contributed by atoms with Gasteiger partial charge >= 0.3 is 0 Å². The summed E-state index contributed by atoms with van der Waals surface area (Å²) in [6, 6.07) is 7.76. The number of nitrogens with zero attached hydrogens (tertiary/aromatic N) is 1. The van der Waals surface area contributed by atoms with Crippen LogP contribution in [0.3, 0.4) is 0 Å². The number of sulfone groups is 1. The number of nitriles is 1. The summed E-state index contributed by atoms with van der Waals surface area (Å²) in [5, 5.41) is 8.49. The molecule has 1 fully saturated rings. The first-order chi connectivity index (χ1) is 8.86. The molecule has 1 saturated carbocycles. The van der Waals surface area contributed by atoms with Crippen molar-refractivity contribution in [2.24, 2.45) is 5.41 Å². The molecule has 1 aromatic rings. The van der Waals surface area contributed by atoms with Crippen LogP contribution in [0.2, 0.25) is 0 Å². The van der Waals surface area contributed by atoms with Gasteiger partial charge in [0, 0.05) is 19.3 Å². The molecule has 4 nitrogen and oxygen atoms in total. The molecule has 0 radical (unpaired) electrons. The molecule has 0 bridgehead atoms. The summed E-state index contributed by atoms with van der Waals surface area (Å²) in [4.78, 5) is 0. The normalized spacial score (nSPS) is 29.8. The van der Waals surface area contributed by atoms with Crippen molar-refractivity contribution in [3.05, 3.63) is 35.6 Å². The predicted octanol–water partition coefficient (Wildman–Crippen LogP) is 1.49. The molecule has 0 spiro atoms. The van der Waals surface area contributed by atoms with Crippen LogP contribution in [0.25, 0.3) is 0 Å². The molecule has 0 aliphatic heterocycles. The standard InChI is InChI=1S/C13H14FNO3S/c1-18-8-13(7-15)11(12(13)19(2,16)17)9-4-3-5-10(14)6-9/h3-6,11-12H,8H2,1-2H3/t11-,12+,13+/m1/s1. The van der Waals surface area contributed by atoms with Crippen molar-refractivity contribution in [1.82, 2.24) is 0 Å². The largest absolute Gasteiger partial charge is 0.383 e. The van der Waals surface area contributed by atoms with E-state index in [9.17, 15) is 18.1 Å². The highest BCUT2D eigenvalue weighted by atomic mass is 32.2. The Hall–Kier alpha value is -1.45. The van der Waals surface area contributed by atoms with Crippen LogP contribution in [0.15, 0.2) is 24.3 Å². The van der Waals surface area contributed by atoms with Gasteiger partial charge in [0.1, 0.15) is 11.2 Å². The monoisotopic (exact) mass is 283 g/mol. The molecule has 102 valence electrons. The summed E-state index contributed by atoms with van der Waals surface area (Å²) in [6.45, 7) is 0.0163. The number of ether oxygens (including phenoxy) is 1. The van der Waals surface area contributed by atoms with Gasteiger partial charge in [-0.3, -0.25) is 0 Å². The summed E-state index contributed by atoms with van der Waals surface area (Å²) in [5.74, 6) is -0.982. The molecular formula is C13H14FNO3S. The van der Waals surface area contributed by atoms with Gasteiger partial charge in [-0.1, -0.05) is 12.1 Å². The van der Waals surface area contributed by atoms with Crippen LogP contribution in [-0.2, 0) is 14.6 Å². The van der Waals surface area contributed by atoms with Crippen molar-refractivity contribution in [3.63, 3.8) is 0 Å². The van der Waals surface area contributed by atoms with E-state index in [1.807, 2.05) is 0 Å². The van der Waals surface area contributed by atoms with Gasteiger partial charge in [0.05, 0.1) is 17.9 Å². The minimum Gasteiger partial charge on any atom is -0.383 e. The van der Waals surface area contributed by atoms with Crippen LogP contribution >= 0.6 is 0 Å². The van der Waals surface area contributed by atoms with E-state index in [2.05, 4.69) is 6.07 Å². The van der Waals surface area contributed by atoms with E-state index in [4.69, 9.17) is 4.74 Å². The Morgan fingerprint density at radius 1 is 1.53 bits per heavy atom. The topological polar surface area (TPSA) is 67.2 Å². The zero-order valence-corrected chi connectivity index (χ0v) is 11.4. The maximum Gasteiger partial charge on any atom is 0.152 e. The highest BCUT2D eigenvalue weighted by molar-refractivity contribution is 7.91. The minimum absolute atomic E-state index is 0.0163. The fraction of sp³-hybridized carbons (Fsp3) is 0.462. The Bertz CT molecular complexity index is 638. The Kier molecular flexibility index (Phi) is 3.37. The van der Waals surface area contributed by atoms with Gasteiger partial charge in [0.15, 0.2) is 9.84 Å². The maximum atomic E-state index is 13.3. The zero-order chi connectivity index (χ0) is 14.3. The summed E-state index contributed by atoms with van der Waals surface area (Å²) >= 11 is 0. The van der Waals surface area contributed by atoms with Crippen molar-refractivity contribution >= 4 is 9.84 Å². The smallest absolute Gasteiger partial charge is 0.152 e. The van der Waals surface area contributed by atoms with Gasteiger partial charge in [-0.2, -0.15) is 5.26 Å². The second kappa shape index (κ2) is 4.58. The maximum absolute atomic E-state index is 13.3. The Morgan fingerprint density at radius 3 is 2.68 bits per heavy atom. The third-order valence-corrected chi connectivity index (χ3v) is 5.13. The third-order valence-electron chi connectivity index (χ3n) is 3.52. The van der Waals surface area contributed by atoms with E-state index in [0.29, 0.717) is 5.56 Å². The van der Waals surface area contributed by atoms with Crippen molar-refractivity contribution in [2.75, 3.05) is 20.0 Å².